The second-order valence-corrected chi connectivity index (χ2v) is 3.97. The first-order chi connectivity index (χ1) is 8.61. The van der Waals surface area contributed by atoms with Crippen molar-refractivity contribution >= 4 is 0 Å². The first-order valence-corrected chi connectivity index (χ1v) is 5.81. The Balaban J connectivity index is 2.35. The van der Waals surface area contributed by atoms with Crippen molar-refractivity contribution in [2.24, 2.45) is 5.73 Å². The van der Waals surface area contributed by atoms with Crippen molar-refractivity contribution in [3.05, 3.63) is 0 Å². The Morgan fingerprint density at radius 3 is 2.33 bits per heavy atom. The monoisotopic (exact) mass is 267 g/mol. The zero-order valence-electron chi connectivity index (χ0n) is 10.0. The highest BCUT2D eigenvalue weighted by Gasteiger charge is 2.43. The standard InChI is InChI=1S/C10H21NO7/c11-1-2-16-3-4-17-10-9(15)8(14)7(13)6(5-12)18-10/h6-10,12-15H,1-5,11H2/t6-,7-,8+,9+,10+/m1/s1. The first kappa shape index (κ1) is 15.7. The van der Waals surface area contributed by atoms with E-state index in [2.05, 4.69) is 0 Å². The lowest BCUT2D eigenvalue weighted by Crippen LogP contribution is -2.59. The summed E-state index contributed by atoms with van der Waals surface area (Å²) in [6, 6.07) is 0. The molecule has 0 saturated carbocycles. The van der Waals surface area contributed by atoms with E-state index >= 15 is 0 Å². The zero-order valence-corrected chi connectivity index (χ0v) is 10.0. The van der Waals surface area contributed by atoms with E-state index in [0.29, 0.717) is 13.2 Å². The van der Waals surface area contributed by atoms with Gasteiger partial charge in [-0.05, 0) is 0 Å². The third kappa shape index (κ3) is 4.11. The van der Waals surface area contributed by atoms with Gasteiger partial charge in [0, 0.05) is 6.54 Å². The fourth-order valence-corrected chi connectivity index (χ4v) is 1.61. The zero-order chi connectivity index (χ0) is 13.5. The van der Waals surface area contributed by atoms with Gasteiger partial charge >= 0.3 is 0 Å². The van der Waals surface area contributed by atoms with Crippen LogP contribution in [0.25, 0.3) is 0 Å². The average molecular weight is 267 g/mol. The maximum absolute atomic E-state index is 9.62. The van der Waals surface area contributed by atoms with E-state index in [4.69, 9.17) is 25.1 Å². The summed E-state index contributed by atoms with van der Waals surface area (Å²) in [6.07, 6.45) is -6.25. The van der Waals surface area contributed by atoms with Gasteiger partial charge in [-0.15, -0.1) is 0 Å². The van der Waals surface area contributed by atoms with Crippen molar-refractivity contribution in [1.29, 1.82) is 0 Å². The molecule has 18 heavy (non-hydrogen) atoms. The van der Waals surface area contributed by atoms with E-state index in [0.717, 1.165) is 0 Å². The normalized spacial score (nSPS) is 36.8. The third-order valence-electron chi connectivity index (χ3n) is 2.62. The second-order valence-electron chi connectivity index (χ2n) is 3.97. The fourth-order valence-electron chi connectivity index (χ4n) is 1.61. The lowest BCUT2D eigenvalue weighted by atomic mass is 9.99. The molecule has 8 heteroatoms. The Bertz CT molecular complexity index is 228. The maximum Gasteiger partial charge on any atom is 0.186 e. The summed E-state index contributed by atoms with van der Waals surface area (Å²) < 4.78 is 15.4. The van der Waals surface area contributed by atoms with Crippen LogP contribution in [0.15, 0.2) is 0 Å². The Labute approximate surface area is 105 Å². The molecule has 1 rings (SSSR count). The van der Waals surface area contributed by atoms with Crippen LogP contribution in [0.5, 0.6) is 0 Å². The number of nitrogens with two attached hydrogens (primary N) is 1. The van der Waals surface area contributed by atoms with Crippen LogP contribution in [0.4, 0.5) is 0 Å². The molecule has 0 unspecified atom stereocenters. The van der Waals surface area contributed by atoms with Gasteiger partial charge in [-0.2, -0.15) is 0 Å². The van der Waals surface area contributed by atoms with Crippen molar-refractivity contribution in [3.8, 4) is 0 Å². The van der Waals surface area contributed by atoms with Crippen LogP contribution in [-0.4, -0.2) is 84.1 Å². The molecule has 0 spiro atoms. The fraction of sp³-hybridized carbons (Fsp3) is 1.00. The van der Waals surface area contributed by atoms with E-state index in [1.807, 2.05) is 0 Å². The molecule has 5 atom stereocenters. The van der Waals surface area contributed by atoms with Crippen molar-refractivity contribution in [3.63, 3.8) is 0 Å². The quantitative estimate of drug-likeness (QED) is 0.304. The van der Waals surface area contributed by atoms with Crippen LogP contribution in [0.1, 0.15) is 0 Å². The number of ether oxygens (including phenoxy) is 3. The highest BCUT2D eigenvalue weighted by Crippen LogP contribution is 2.21. The molecule has 0 aromatic carbocycles. The minimum absolute atomic E-state index is 0.142. The molecule has 108 valence electrons. The smallest absolute Gasteiger partial charge is 0.186 e. The Kier molecular flexibility index (Phi) is 6.97. The van der Waals surface area contributed by atoms with E-state index in [1.165, 1.54) is 0 Å². The number of hydrogen-bond acceptors (Lipinski definition) is 8. The molecule has 0 aromatic heterocycles. The van der Waals surface area contributed by atoms with Gasteiger partial charge in [0.15, 0.2) is 6.29 Å². The van der Waals surface area contributed by atoms with Crippen LogP contribution < -0.4 is 5.73 Å². The topological polar surface area (TPSA) is 135 Å². The van der Waals surface area contributed by atoms with E-state index < -0.39 is 37.3 Å². The van der Waals surface area contributed by atoms with Gasteiger partial charge < -0.3 is 40.4 Å². The van der Waals surface area contributed by atoms with Gasteiger partial charge in [0.25, 0.3) is 0 Å². The molecule has 0 aromatic rings. The van der Waals surface area contributed by atoms with E-state index in [1.54, 1.807) is 0 Å². The molecule has 8 nitrogen and oxygen atoms in total. The molecule has 6 N–H and O–H groups in total. The van der Waals surface area contributed by atoms with Crippen molar-refractivity contribution in [2.75, 3.05) is 33.0 Å². The predicted molar refractivity (Wildman–Crippen MR) is 59.6 cm³/mol. The SMILES string of the molecule is NCCOCCO[C@H]1O[C@H](CO)[C@@H](O)[C@H](O)[C@@H]1O. The molecule has 1 heterocycles. The maximum atomic E-state index is 9.62. The van der Waals surface area contributed by atoms with Gasteiger partial charge in [0.2, 0.25) is 0 Å². The van der Waals surface area contributed by atoms with Gasteiger partial charge in [-0.3, -0.25) is 0 Å². The van der Waals surface area contributed by atoms with Crippen LogP contribution in [0.3, 0.4) is 0 Å². The van der Waals surface area contributed by atoms with Crippen LogP contribution in [-0.2, 0) is 14.2 Å². The third-order valence-corrected chi connectivity index (χ3v) is 2.62. The Morgan fingerprint density at radius 1 is 1.00 bits per heavy atom. The van der Waals surface area contributed by atoms with Crippen molar-refractivity contribution in [1.82, 2.24) is 0 Å². The van der Waals surface area contributed by atoms with E-state index in [-0.39, 0.29) is 13.2 Å². The predicted octanol–water partition coefficient (Wildman–Crippen LogP) is -3.22. The van der Waals surface area contributed by atoms with Crippen LogP contribution in [0, 0.1) is 0 Å². The lowest BCUT2D eigenvalue weighted by Gasteiger charge is -2.39. The molecular formula is C10H21NO7. The largest absolute Gasteiger partial charge is 0.394 e. The molecule has 1 aliphatic rings. The number of rotatable bonds is 7. The minimum atomic E-state index is -1.43. The van der Waals surface area contributed by atoms with E-state index in [9.17, 15) is 15.3 Å². The van der Waals surface area contributed by atoms with Gasteiger partial charge in [-0.1, -0.05) is 0 Å². The number of aliphatic hydroxyl groups excluding tert-OH is 4. The highest BCUT2D eigenvalue weighted by atomic mass is 16.7. The molecule has 0 radical (unpaired) electrons. The van der Waals surface area contributed by atoms with Crippen LogP contribution in [0.2, 0.25) is 0 Å². The molecule has 1 fully saturated rings. The Hall–Kier alpha value is -0.320. The Morgan fingerprint density at radius 2 is 1.72 bits per heavy atom. The molecule has 1 saturated heterocycles. The molecule has 0 aliphatic carbocycles. The summed E-state index contributed by atoms with van der Waals surface area (Å²) >= 11 is 0. The second kappa shape index (κ2) is 7.97. The summed E-state index contributed by atoms with van der Waals surface area (Å²) in [7, 11) is 0. The highest BCUT2D eigenvalue weighted by molar-refractivity contribution is 4.88. The summed E-state index contributed by atoms with van der Waals surface area (Å²) in [5.74, 6) is 0. The van der Waals surface area contributed by atoms with Crippen molar-refractivity contribution < 1.29 is 34.6 Å². The molecular weight excluding hydrogens is 246 g/mol. The molecule has 1 aliphatic heterocycles. The van der Waals surface area contributed by atoms with Gasteiger partial charge in [0.1, 0.15) is 24.4 Å². The average Bonchev–Trinajstić information content (AvgIpc) is 2.38. The van der Waals surface area contributed by atoms with Gasteiger partial charge in [0.05, 0.1) is 26.4 Å². The van der Waals surface area contributed by atoms with Crippen molar-refractivity contribution in [2.45, 2.75) is 30.7 Å². The van der Waals surface area contributed by atoms with Crippen LogP contribution >= 0.6 is 0 Å². The summed E-state index contributed by atoms with van der Waals surface area (Å²) in [4.78, 5) is 0. The molecule has 0 bridgehead atoms. The summed E-state index contributed by atoms with van der Waals surface area (Å²) in [6.45, 7) is 0.738. The molecule has 0 amide bonds. The minimum Gasteiger partial charge on any atom is -0.394 e. The number of hydrogen-bond donors (Lipinski definition) is 5. The summed E-state index contributed by atoms with van der Waals surface area (Å²) in [5.41, 5.74) is 5.23. The lowest BCUT2D eigenvalue weighted by molar-refractivity contribution is -0.302. The summed E-state index contributed by atoms with van der Waals surface area (Å²) in [5, 5.41) is 37.6. The number of aliphatic hydroxyl groups is 4. The first-order valence-electron chi connectivity index (χ1n) is 5.81. The van der Waals surface area contributed by atoms with Gasteiger partial charge in [-0.25, -0.2) is 0 Å².